The van der Waals surface area contributed by atoms with Crippen LogP contribution in [-0.4, -0.2) is 17.7 Å². The summed E-state index contributed by atoms with van der Waals surface area (Å²) in [5.41, 5.74) is 1.31. The molecule has 0 bridgehead atoms. The van der Waals surface area contributed by atoms with Crippen molar-refractivity contribution in [2.45, 2.75) is 26.2 Å². The first-order chi connectivity index (χ1) is 8.04. The van der Waals surface area contributed by atoms with E-state index in [4.69, 9.17) is 9.84 Å². The van der Waals surface area contributed by atoms with Gasteiger partial charge < -0.3 is 9.84 Å². The lowest BCUT2D eigenvalue weighted by Gasteiger charge is -2.10. The number of benzene rings is 1. The van der Waals surface area contributed by atoms with E-state index < -0.39 is 5.97 Å². The van der Waals surface area contributed by atoms with Crippen molar-refractivity contribution in [1.29, 1.82) is 0 Å². The molecule has 0 aliphatic heterocycles. The van der Waals surface area contributed by atoms with Crippen molar-refractivity contribution in [3.05, 3.63) is 42.0 Å². The molecule has 17 heavy (non-hydrogen) atoms. The van der Waals surface area contributed by atoms with Crippen LogP contribution in [0.25, 0.3) is 0 Å². The van der Waals surface area contributed by atoms with Crippen LogP contribution in [0.2, 0.25) is 0 Å². The lowest BCUT2D eigenvalue weighted by molar-refractivity contribution is -0.133. The Bertz CT molecular complexity index is 392. The van der Waals surface area contributed by atoms with Crippen molar-refractivity contribution in [1.82, 2.24) is 0 Å². The number of carbonyl (C=O) groups is 1. The lowest BCUT2D eigenvalue weighted by atomic mass is 9.99. The number of ether oxygens (including phenoxy) is 1. The molecule has 3 nitrogen and oxygen atoms in total. The molecule has 0 fully saturated rings. The predicted molar refractivity (Wildman–Crippen MR) is 67.4 cm³/mol. The molecule has 1 atom stereocenters. The SMILES string of the molecule is C=C(COc1ccc(C(C)CC)cc1)C(=O)O. The number of aliphatic carboxylic acids is 1. The Hall–Kier alpha value is -1.77. The largest absolute Gasteiger partial charge is 0.489 e. The molecule has 92 valence electrons. The van der Waals surface area contributed by atoms with Gasteiger partial charge in [0.2, 0.25) is 0 Å². The van der Waals surface area contributed by atoms with Crippen LogP contribution in [0.1, 0.15) is 31.7 Å². The topological polar surface area (TPSA) is 46.5 Å². The highest BCUT2D eigenvalue weighted by atomic mass is 16.5. The van der Waals surface area contributed by atoms with Gasteiger partial charge in [0, 0.05) is 0 Å². The highest BCUT2D eigenvalue weighted by Crippen LogP contribution is 2.21. The van der Waals surface area contributed by atoms with Gasteiger partial charge in [0.05, 0.1) is 5.57 Å². The van der Waals surface area contributed by atoms with Gasteiger partial charge in [-0.2, -0.15) is 0 Å². The number of hydrogen-bond donors (Lipinski definition) is 1. The zero-order chi connectivity index (χ0) is 12.8. The van der Waals surface area contributed by atoms with Crippen molar-refractivity contribution in [2.75, 3.05) is 6.61 Å². The van der Waals surface area contributed by atoms with Gasteiger partial charge in [-0.05, 0) is 30.0 Å². The fourth-order valence-electron chi connectivity index (χ4n) is 1.36. The van der Waals surface area contributed by atoms with Gasteiger partial charge in [0.15, 0.2) is 0 Å². The first-order valence-electron chi connectivity index (χ1n) is 5.68. The highest BCUT2D eigenvalue weighted by Gasteiger charge is 2.06. The molecule has 0 aliphatic carbocycles. The van der Waals surface area contributed by atoms with Crippen LogP contribution in [0, 0.1) is 0 Å². The third-order valence-corrected chi connectivity index (χ3v) is 2.78. The molecule has 1 aromatic carbocycles. The van der Waals surface area contributed by atoms with Crippen LogP contribution in [-0.2, 0) is 4.79 Å². The molecule has 0 amide bonds. The number of carboxylic acids is 1. The number of carboxylic acid groups (broad SMARTS) is 1. The molecular formula is C14H18O3. The molecule has 3 heteroatoms. The standard InChI is InChI=1S/C14H18O3/c1-4-10(2)12-5-7-13(8-6-12)17-9-11(3)14(15)16/h5-8,10H,3-4,9H2,1-2H3,(H,15,16). The second-order valence-corrected chi connectivity index (χ2v) is 4.08. The Morgan fingerprint density at radius 1 is 1.41 bits per heavy atom. The van der Waals surface area contributed by atoms with E-state index in [1.807, 2.05) is 24.3 Å². The molecular weight excluding hydrogens is 216 g/mol. The second kappa shape index (κ2) is 6.09. The van der Waals surface area contributed by atoms with Crippen molar-refractivity contribution in [3.63, 3.8) is 0 Å². The van der Waals surface area contributed by atoms with E-state index in [-0.39, 0.29) is 12.2 Å². The van der Waals surface area contributed by atoms with Crippen molar-refractivity contribution in [3.8, 4) is 5.75 Å². The summed E-state index contributed by atoms with van der Waals surface area (Å²) in [7, 11) is 0. The Morgan fingerprint density at radius 3 is 2.47 bits per heavy atom. The lowest BCUT2D eigenvalue weighted by Crippen LogP contribution is -2.08. The van der Waals surface area contributed by atoms with Gasteiger partial charge in [-0.1, -0.05) is 32.6 Å². The minimum absolute atomic E-state index is 0.0119. The minimum Gasteiger partial charge on any atom is -0.489 e. The third-order valence-electron chi connectivity index (χ3n) is 2.78. The monoisotopic (exact) mass is 234 g/mol. The molecule has 0 aromatic heterocycles. The summed E-state index contributed by atoms with van der Waals surface area (Å²) < 4.78 is 5.32. The smallest absolute Gasteiger partial charge is 0.334 e. The molecule has 1 rings (SSSR count). The molecule has 1 N–H and O–H groups in total. The van der Waals surface area contributed by atoms with Gasteiger partial charge in [0.1, 0.15) is 12.4 Å². The first kappa shape index (κ1) is 13.3. The van der Waals surface area contributed by atoms with Crippen LogP contribution in [0.5, 0.6) is 5.75 Å². The van der Waals surface area contributed by atoms with Gasteiger partial charge >= 0.3 is 5.97 Å². The average molecular weight is 234 g/mol. The van der Waals surface area contributed by atoms with Crippen molar-refractivity contribution < 1.29 is 14.6 Å². The summed E-state index contributed by atoms with van der Waals surface area (Å²) in [6.07, 6.45) is 1.09. The van der Waals surface area contributed by atoms with Gasteiger partial charge in [0.25, 0.3) is 0 Å². The summed E-state index contributed by atoms with van der Waals surface area (Å²) in [4.78, 5) is 10.5. The molecule has 0 saturated heterocycles. The van der Waals surface area contributed by atoms with E-state index in [2.05, 4.69) is 20.4 Å². The quantitative estimate of drug-likeness (QED) is 0.769. The number of rotatable bonds is 6. The third kappa shape index (κ3) is 3.94. The summed E-state index contributed by atoms with van der Waals surface area (Å²) in [5, 5.41) is 8.63. The zero-order valence-corrected chi connectivity index (χ0v) is 10.3. The Kier molecular flexibility index (Phi) is 4.76. The Labute approximate surface area is 102 Å². The zero-order valence-electron chi connectivity index (χ0n) is 10.3. The second-order valence-electron chi connectivity index (χ2n) is 4.08. The molecule has 1 unspecified atom stereocenters. The van der Waals surface area contributed by atoms with Gasteiger partial charge in [-0.25, -0.2) is 4.79 Å². The molecule has 0 aliphatic rings. The summed E-state index contributed by atoms with van der Waals surface area (Å²) >= 11 is 0. The van der Waals surface area contributed by atoms with Crippen LogP contribution < -0.4 is 4.74 Å². The average Bonchev–Trinajstić information content (AvgIpc) is 2.35. The molecule has 0 radical (unpaired) electrons. The van der Waals surface area contributed by atoms with Crippen LogP contribution in [0.4, 0.5) is 0 Å². The molecule has 0 saturated carbocycles. The maximum absolute atomic E-state index is 10.5. The van der Waals surface area contributed by atoms with E-state index in [0.717, 1.165) is 6.42 Å². The summed E-state index contributed by atoms with van der Waals surface area (Å²) in [6.45, 7) is 7.73. The predicted octanol–water partition coefficient (Wildman–Crippen LogP) is 3.22. The minimum atomic E-state index is -1.03. The molecule has 0 heterocycles. The normalized spacial score (nSPS) is 11.9. The van der Waals surface area contributed by atoms with Crippen molar-refractivity contribution in [2.24, 2.45) is 0 Å². The fourth-order valence-corrected chi connectivity index (χ4v) is 1.36. The Morgan fingerprint density at radius 2 is 2.00 bits per heavy atom. The van der Waals surface area contributed by atoms with E-state index >= 15 is 0 Å². The Balaban J connectivity index is 2.57. The maximum Gasteiger partial charge on any atom is 0.334 e. The van der Waals surface area contributed by atoms with E-state index in [1.165, 1.54) is 5.56 Å². The van der Waals surface area contributed by atoms with Crippen LogP contribution in [0.3, 0.4) is 0 Å². The molecule has 1 aromatic rings. The molecule has 0 spiro atoms. The van der Waals surface area contributed by atoms with Crippen LogP contribution in [0.15, 0.2) is 36.4 Å². The first-order valence-corrected chi connectivity index (χ1v) is 5.68. The van der Waals surface area contributed by atoms with Crippen molar-refractivity contribution >= 4 is 5.97 Å². The van der Waals surface area contributed by atoms with E-state index in [0.29, 0.717) is 11.7 Å². The summed E-state index contributed by atoms with van der Waals surface area (Å²) in [5.74, 6) is 0.165. The highest BCUT2D eigenvalue weighted by molar-refractivity contribution is 5.86. The van der Waals surface area contributed by atoms with Gasteiger partial charge in [-0.15, -0.1) is 0 Å². The number of hydrogen-bond acceptors (Lipinski definition) is 2. The summed E-state index contributed by atoms with van der Waals surface area (Å²) in [6, 6.07) is 7.73. The van der Waals surface area contributed by atoms with Crippen LogP contribution >= 0.6 is 0 Å². The van der Waals surface area contributed by atoms with Gasteiger partial charge in [-0.3, -0.25) is 0 Å². The van der Waals surface area contributed by atoms with E-state index in [1.54, 1.807) is 0 Å². The van der Waals surface area contributed by atoms with E-state index in [9.17, 15) is 4.79 Å². The maximum atomic E-state index is 10.5. The fraction of sp³-hybridized carbons (Fsp3) is 0.357.